The fourth-order valence-corrected chi connectivity index (χ4v) is 3.31. The van der Waals surface area contributed by atoms with E-state index in [4.69, 9.17) is 0 Å². The van der Waals surface area contributed by atoms with E-state index in [0.717, 1.165) is 30.6 Å². The molecule has 24 heavy (non-hydrogen) atoms. The van der Waals surface area contributed by atoms with Gasteiger partial charge in [-0.05, 0) is 26.7 Å². The van der Waals surface area contributed by atoms with Crippen molar-refractivity contribution >= 4 is 23.8 Å². The molecule has 2 rings (SSSR count). The van der Waals surface area contributed by atoms with Gasteiger partial charge in [-0.2, -0.15) is 0 Å². The average Bonchev–Trinajstić information content (AvgIpc) is 2.72. The van der Waals surface area contributed by atoms with Crippen LogP contribution in [0.2, 0.25) is 0 Å². The van der Waals surface area contributed by atoms with Gasteiger partial charge >= 0.3 is 6.03 Å². The van der Waals surface area contributed by atoms with Gasteiger partial charge in [0.05, 0.1) is 0 Å². The molecule has 8 heteroatoms. The number of likely N-dealkylation sites (N-methyl/N-ethyl adjacent to an activating group) is 1. The number of nitrogens with zero attached hydrogens (tertiary/aromatic N) is 1. The Labute approximate surface area is 141 Å². The standard InChI is InChI=1S/C16H26N4O4/c1-3-17-13(22)11(2)18-12(21)10-20-14(23)16(19-15(20)24)8-6-4-5-7-9-16/h11H,3-10H2,1-2H3,(H,17,22)(H,18,21)(H,19,24)/t11-/m1/s1. The second-order valence-corrected chi connectivity index (χ2v) is 6.50. The van der Waals surface area contributed by atoms with Crippen molar-refractivity contribution in [2.75, 3.05) is 13.1 Å². The molecule has 1 saturated heterocycles. The molecule has 0 aromatic heterocycles. The number of rotatable bonds is 5. The van der Waals surface area contributed by atoms with Gasteiger partial charge in [0.1, 0.15) is 18.1 Å². The van der Waals surface area contributed by atoms with Gasteiger partial charge < -0.3 is 16.0 Å². The van der Waals surface area contributed by atoms with E-state index in [0.29, 0.717) is 19.4 Å². The van der Waals surface area contributed by atoms with Gasteiger partial charge in [-0.15, -0.1) is 0 Å². The summed E-state index contributed by atoms with van der Waals surface area (Å²) >= 11 is 0. The Morgan fingerprint density at radius 3 is 2.42 bits per heavy atom. The molecule has 1 heterocycles. The van der Waals surface area contributed by atoms with Crippen molar-refractivity contribution in [1.29, 1.82) is 0 Å². The lowest BCUT2D eigenvalue weighted by Gasteiger charge is -2.24. The molecule has 1 spiro atoms. The van der Waals surface area contributed by atoms with Crippen LogP contribution in [0.25, 0.3) is 0 Å². The number of carbonyl (C=O) groups excluding carboxylic acids is 4. The first-order chi connectivity index (χ1) is 11.4. The summed E-state index contributed by atoms with van der Waals surface area (Å²) in [6, 6.07) is -1.24. The van der Waals surface area contributed by atoms with Crippen LogP contribution in [0.5, 0.6) is 0 Å². The minimum Gasteiger partial charge on any atom is -0.355 e. The molecule has 2 fully saturated rings. The van der Waals surface area contributed by atoms with Gasteiger partial charge in [-0.3, -0.25) is 19.3 Å². The minimum absolute atomic E-state index is 0.303. The number of imide groups is 1. The zero-order valence-electron chi connectivity index (χ0n) is 14.3. The maximum atomic E-state index is 12.7. The summed E-state index contributed by atoms with van der Waals surface area (Å²) in [6.45, 7) is 3.44. The molecule has 5 amide bonds. The van der Waals surface area contributed by atoms with E-state index in [9.17, 15) is 19.2 Å². The minimum atomic E-state index is -0.848. The van der Waals surface area contributed by atoms with Gasteiger partial charge in [0, 0.05) is 6.54 Å². The van der Waals surface area contributed by atoms with Crippen LogP contribution in [0, 0.1) is 0 Å². The maximum absolute atomic E-state index is 12.7. The van der Waals surface area contributed by atoms with E-state index < -0.39 is 23.5 Å². The van der Waals surface area contributed by atoms with Crippen LogP contribution in [-0.4, -0.2) is 53.3 Å². The summed E-state index contributed by atoms with van der Waals surface area (Å²) in [6.07, 6.45) is 5.11. The van der Waals surface area contributed by atoms with E-state index in [1.807, 2.05) is 0 Å². The first-order valence-corrected chi connectivity index (χ1v) is 8.61. The Balaban J connectivity index is 1.96. The molecule has 0 radical (unpaired) electrons. The Morgan fingerprint density at radius 2 is 1.83 bits per heavy atom. The van der Waals surface area contributed by atoms with Crippen molar-refractivity contribution in [3.63, 3.8) is 0 Å². The van der Waals surface area contributed by atoms with E-state index in [1.54, 1.807) is 13.8 Å². The molecule has 0 bridgehead atoms. The average molecular weight is 338 g/mol. The summed E-state index contributed by atoms with van der Waals surface area (Å²) in [4.78, 5) is 49.5. The third kappa shape index (κ3) is 3.85. The molecular weight excluding hydrogens is 312 g/mol. The zero-order valence-corrected chi connectivity index (χ0v) is 14.3. The van der Waals surface area contributed by atoms with Crippen molar-refractivity contribution in [1.82, 2.24) is 20.9 Å². The van der Waals surface area contributed by atoms with E-state index in [-0.39, 0.29) is 18.4 Å². The Bertz CT molecular complexity index is 526. The summed E-state index contributed by atoms with van der Waals surface area (Å²) in [5.41, 5.74) is -0.848. The van der Waals surface area contributed by atoms with Gasteiger partial charge in [0.15, 0.2) is 0 Å². The van der Waals surface area contributed by atoms with E-state index in [2.05, 4.69) is 16.0 Å². The predicted molar refractivity (Wildman–Crippen MR) is 87.0 cm³/mol. The quantitative estimate of drug-likeness (QED) is 0.625. The van der Waals surface area contributed by atoms with Crippen LogP contribution in [0.4, 0.5) is 4.79 Å². The maximum Gasteiger partial charge on any atom is 0.325 e. The fraction of sp³-hybridized carbons (Fsp3) is 0.750. The van der Waals surface area contributed by atoms with Crippen LogP contribution in [0.15, 0.2) is 0 Å². The molecule has 134 valence electrons. The molecule has 0 aromatic carbocycles. The second-order valence-electron chi connectivity index (χ2n) is 6.50. The van der Waals surface area contributed by atoms with Crippen LogP contribution in [-0.2, 0) is 14.4 Å². The lowest BCUT2D eigenvalue weighted by molar-refractivity contribution is -0.136. The highest BCUT2D eigenvalue weighted by atomic mass is 16.2. The van der Waals surface area contributed by atoms with Crippen LogP contribution in [0.3, 0.4) is 0 Å². The van der Waals surface area contributed by atoms with Crippen LogP contribution < -0.4 is 16.0 Å². The van der Waals surface area contributed by atoms with Gasteiger partial charge in [-0.1, -0.05) is 25.7 Å². The highest BCUT2D eigenvalue weighted by Crippen LogP contribution is 2.32. The molecule has 1 aliphatic heterocycles. The normalized spacial score (nSPS) is 21.2. The second kappa shape index (κ2) is 7.63. The SMILES string of the molecule is CCNC(=O)[C@@H](C)NC(=O)CN1C(=O)NC2(CCCCCC2)C1=O. The monoisotopic (exact) mass is 338 g/mol. The lowest BCUT2D eigenvalue weighted by Crippen LogP contribution is -2.50. The largest absolute Gasteiger partial charge is 0.355 e. The molecule has 1 saturated carbocycles. The third-order valence-corrected chi connectivity index (χ3v) is 4.63. The summed E-state index contributed by atoms with van der Waals surface area (Å²) < 4.78 is 0. The lowest BCUT2D eigenvalue weighted by atomic mass is 9.90. The van der Waals surface area contributed by atoms with Crippen LogP contribution in [0.1, 0.15) is 52.4 Å². The molecule has 3 N–H and O–H groups in total. The number of amides is 5. The van der Waals surface area contributed by atoms with Gasteiger partial charge in [-0.25, -0.2) is 4.79 Å². The van der Waals surface area contributed by atoms with Crippen molar-refractivity contribution in [3.8, 4) is 0 Å². The molecule has 1 aliphatic carbocycles. The number of hydrogen-bond donors (Lipinski definition) is 3. The molecule has 1 atom stereocenters. The number of urea groups is 1. The predicted octanol–water partition coefficient (Wildman–Crippen LogP) is 0.272. The van der Waals surface area contributed by atoms with Gasteiger partial charge in [0.2, 0.25) is 11.8 Å². The van der Waals surface area contributed by atoms with Crippen molar-refractivity contribution in [2.24, 2.45) is 0 Å². The Morgan fingerprint density at radius 1 is 1.21 bits per heavy atom. The Kier molecular flexibility index (Phi) is 5.80. The van der Waals surface area contributed by atoms with Crippen LogP contribution >= 0.6 is 0 Å². The van der Waals surface area contributed by atoms with Crippen molar-refractivity contribution in [2.45, 2.75) is 64.0 Å². The number of nitrogens with one attached hydrogen (secondary N) is 3. The van der Waals surface area contributed by atoms with Crippen molar-refractivity contribution < 1.29 is 19.2 Å². The highest BCUT2D eigenvalue weighted by molar-refractivity contribution is 6.09. The summed E-state index contributed by atoms with van der Waals surface area (Å²) in [5.74, 6) is -1.15. The zero-order chi connectivity index (χ0) is 17.7. The van der Waals surface area contributed by atoms with Crippen molar-refractivity contribution in [3.05, 3.63) is 0 Å². The molecule has 0 unspecified atom stereocenters. The first-order valence-electron chi connectivity index (χ1n) is 8.61. The molecular formula is C16H26N4O4. The topological polar surface area (TPSA) is 108 Å². The highest BCUT2D eigenvalue weighted by Gasteiger charge is 2.51. The van der Waals surface area contributed by atoms with E-state index in [1.165, 1.54) is 0 Å². The molecule has 8 nitrogen and oxygen atoms in total. The summed E-state index contributed by atoms with van der Waals surface area (Å²) in [5, 5.41) is 7.90. The molecule has 0 aromatic rings. The first kappa shape index (κ1) is 18.2. The number of hydrogen-bond acceptors (Lipinski definition) is 4. The number of carbonyl (C=O) groups is 4. The Hall–Kier alpha value is -2.12. The molecule has 2 aliphatic rings. The fourth-order valence-electron chi connectivity index (χ4n) is 3.31. The van der Waals surface area contributed by atoms with Gasteiger partial charge in [0.25, 0.3) is 5.91 Å². The summed E-state index contributed by atoms with van der Waals surface area (Å²) in [7, 11) is 0. The smallest absolute Gasteiger partial charge is 0.325 e. The van der Waals surface area contributed by atoms with E-state index >= 15 is 0 Å². The third-order valence-electron chi connectivity index (χ3n) is 4.63.